The molecular weight excluding hydrogens is 176 g/mol. The number of rotatable bonds is 2. The van der Waals surface area contributed by atoms with Crippen LogP contribution in [0.3, 0.4) is 0 Å². The maximum atomic E-state index is 6.00. The largest absolute Gasteiger partial charge is 0.255 e. The van der Waals surface area contributed by atoms with Gasteiger partial charge in [-0.1, -0.05) is 52.0 Å². The topological polar surface area (TPSA) is 40.5 Å². The zero-order valence-corrected chi connectivity index (χ0v) is 9.36. The number of hydrogen-bond donors (Lipinski definition) is 2. The molecule has 0 heterocycles. The van der Waals surface area contributed by atoms with E-state index in [1.165, 1.54) is 11.1 Å². The van der Waals surface area contributed by atoms with Gasteiger partial charge in [0.25, 0.3) is 0 Å². The fraction of sp³-hybridized carbons (Fsp3) is 0.500. The van der Waals surface area contributed by atoms with Gasteiger partial charge in [-0.3, -0.25) is 10.5 Å². The predicted molar refractivity (Wildman–Crippen MR) is 59.9 cm³/mol. The summed E-state index contributed by atoms with van der Waals surface area (Å²) in [4.78, 5) is 0. The van der Waals surface area contributed by atoms with Crippen molar-refractivity contribution in [2.75, 3.05) is 0 Å². The van der Waals surface area contributed by atoms with Crippen molar-refractivity contribution in [3.05, 3.63) is 35.4 Å². The van der Waals surface area contributed by atoms with E-state index >= 15 is 0 Å². The third-order valence-electron chi connectivity index (χ3n) is 2.27. The lowest BCUT2D eigenvalue weighted by Gasteiger charge is -2.08. The first kappa shape index (κ1) is 13.1. The van der Waals surface area contributed by atoms with Crippen LogP contribution in [0.15, 0.2) is 24.3 Å². The van der Waals surface area contributed by atoms with Gasteiger partial charge in [0.1, 0.15) is 0 Å². The highest BCUT2D eigenvalue weighted by molar-refractivity contribution is 5.26. The Morgan fingerprint density at radius 1 is 0.714 bits per heavy atom. The fourth-order valence-corrected chi connectivity index (χ4v) is 1.27. The molecule has 2 N–H and O–H groups in total. The third-order valence-corrected chi connectivity index (χ3v) is 2.27. The summed E-state index contributed by atoms with van der Waals surface area (Å²) in [5.74, 6) is 1.29. The van der Waals surface area contributed by atoms with E-state index in [4.69, 9.17) is 10.5 Å². The molecule has 1 aromatic carbocycles. The van der Waals surface area contributed by atoms with Crippen molar-refractivity contribution >= 4 is 0 Å². The van der Waals surface area contributed by atoms with Crippen LogP contribution in [0.1, 0.15) is 50.7 Å². The van der Waals surface area contributed by atoms with Crippen molar-refractivity contribution in [2.45, 2.75) is 39.5 Å². The quantitative estimate of drug-likeness (QED) is 0.555. The van der Waals surface area contributed by atoms with Crippen LogP contribution in [0, 0.1) is 0 Å². The molecule has 2 heteroatoms. The van der Waals surface area contributed by atoms with Gasteiger partial charge in [0.2, 0.25) is 0 Å². The molecule has 0 aliphatic rings. The Morgan fingerprint density at radius 3 is 1.07 bits per heavy atom. The minimum absolute atomic E-state index is 0.645. The minimum atomic E-state index is 0.645. The average Bonchev–Trinajstić information content (AvgIpc) is 2.21. The van der Waals surface area contributed by atoms with Crippen molar-refractivity contribution in [1.29, 1.82) is 0 Å². The van der Waals surface area contributed by atoms with Crippen LogP contribution in [-0.2, 0) is 0 Å². The molecule has 80 valence electrons. The predicted octanol–water partition coefficient (Wildman–Crippen LogP) is 3.95. The van der Waals surface area contributed by atoms with E-state index in [1.54, 1.807) is 0 Å². The second-order valence-corrected chi connectivity index (χ2v) is 3.98. The molecule has 1 aromatic rings. The van der Waals surface area contributed by atoms with E-state index in [0.29, 0.717) is 11.8 Å². The Bertz CT molecular complexity index is 210. The first-order valence-electron chi connectivity index (χ1n) is 4.91. The first-order chi connectivity index (χ1) is 6.61. The summed E-state index contributed by atoms with van der Waals surface area (Å²) in [6, 6.07) is 8.94. The molecular formula is C12H20O2. The lowest BCUT2D eigenvalue weighted by molar-refractivity contribution is -0.176. The molecule has 0 fully saturated rings. The molecule has 1 rings (SSSR count). The summed E-state index contributed by atoms with van der Waals surface area (Å²) in [6.45, 7) is 8.91. The molecule has 0 atom stereocenters. The molecule has 0 aromatic heterocycles. The lowest BCUT2D eigenvalue weighted by Crippen LogP contribution is -1.90. The van der Waals surface area contributed by atoms with Crippen LogP contribution in [0.2, 0.25) is 0 Å². The molecule has 0 amide bonds. The third kappa shape index (κ3) is 3.90. The van der Waals surface area contributed by atoms with E-state index in [9.17, 15) is 0 Å². The Morgan fingerprint density at radius 2 is 0.929 bits per heavy atom. The highest BCUT2D eigenvalue weighted by Gasteiger charge is 2.00. The van der Waals surface area contributed by atoms with Gasteiger partial charge in [-0.05, 0) is 23.0 Å². The summed E-state index contributed by atoms with van der Waals surface area (Å²) in [7, 11) is 0. The summed E-state index contributed by atoms with van der Waals surface area (Å²) in [6.07, 6.45) is 0. The molecule has 0 saturated heterocycles. The van der Waals surface area contributed by atoms with Gasteiger partial charge in [-0.2, -0.15) is 0 Å². The Balaban J connectivity index is 0.000000791. The van der Waals surface area contributed by atoms with Gasteiger partial charge in [-0.15, -0.1) is 0 Å². The molecule has 0 spiro atoms. The smallest absolute Gasteiger partial charge is 0.0219 e. The molecule has 0 bridgehead atoms. The van der Waals surface area contributed by atoms with Gasteiger partial charge in [0.05, 0.1) is 0 Å². The van der Waals surface area contributed by atoms with Crippen molar-refractivity contribution in [3.63, 3.8) is 0 Å². The molecule has 2 nitrogen and oxygen atoms in total. The van der Waals surface area contributed by atoms with E-state index in [1.807, 2.05) is 0 Å². The van der Waals surface area contributed by atoms with Gasteiger partial charge >= 0.3 is 0 Å². The van der Waals surface area contributed by atoms with Gasteiger partial charge in [0.15, 0.2) is 0 Å². The van der Waals surface area contributed by atoms with E-state index in [-0.39, 0.29) is 0 Å². The summed E-state index contributed by atoms with van der Waals surface area (Å²) in [5.41, 5.74) is 2.86. The summed E-state index contributed by atoms with van der Waals surface area (Å²) >= 11 is 0. The number of benzene rings is 1. The maximum Gasteiger partial charge on any atom is -0.0219 e. The van der Waals surface area contributed by atoms with Crippen LogP contribution in [0.4, 0.5) is 0 Å². The van der Waals surface area contributed by atoms with Crippen LogP contribution in [0.5, 0.6) is 0 Å². The van der Waals surface area contributed by atoms with Crippen LogP contribution < -0.4 is 0 Å². The Labute approximate surface area is 86.1 Å². The van der Waals surface area contributed by atoms with Gasteiger partial charge in [0, 0.05) is 0 Å². The summed E-state index contributed by atoms with van der Waals surface area (Å²) < 4.78 is 0. The molecule has 0 saturated carbocycles. The van der Waals surface area contributed by atoms with Crippen LogP contribution >= 0.6 is 0 Å². The maximum absolute atomic E-state index is 6.00. The van der Waals surface area contributed by atoms with Crippen LogP contribution in [-0.4, -0.2) is 10.5 Å². The van der Waals surface area contributed by atoms with Crippen molar-refractivity contribution < 1.29 is 10.5 Å². The van der Waals surface area contributed by atoms with Gasteiger partial charge in [-0.25, -0.2) is 0 Å². The monoisotopic (exact) mass is 196 g/mol. The number of hydrogen-bond acceptors (Lipinski definition) is 2. The molecule has 14 heavy (non-hydrogen) atoms. The highest BCUT2D eigenvalue weighted by Crippen LogP contribution is 2.18. The van der Waals surface area contributed by atoms with E-state index in [0.717, 1.165) is 0 Å². The SMILES string of the molecule is CC(C)c1ccc(C(C)C)cc1.OO. The Kier molecular flexibility index (Phi) is 6.17. The second kappa shape index (κ2) is 6.57. The van der Waals surface area contributed by atoms with Crippen LogP contribution in [0.25, 0.3) is 0 Å². The van der Waals surface area contributed by atoms with Gasteiger partial charge < -0.3 is 0 Å². The first-order valence-corrected chi connectivity index (χ1v) is 4.91. The zero-order valence-electron chi connectivity index (χ0n) is 9.36. The average molecular weight is 196 g/mol. The standard InChI is InChI=1S/C12H18.H2O2/c1-9(2)11-5-7-12(8-6-11)10(3)4;1-2/h5-10H,1-4H3;1-2H. The highest BCUT2D eigenvalue weighted by atomic mass is 17.0. The Hall–Kier alpha value is -0.860. The molecule has 0 aliphatic heterocycles. The normalized spacial score (nSPS) is 10.0. The molecule has 0 aliphatic carbocycles. The second-order valence-electron chi connectivity index (χ2n) is 3.98. The fourth-order valence-electron chi connectivity index (χ4n) is 1.27. The van der Waals surface area contributed by atoms with Crippen molar-refractivity contribution in [2.24, 2.45) is 0 Å². The minimum Gasteiger partial charge on any atom is -0.255 e. The lowest BCUT2D eigenvalue weighted by atomic mass is 9.97. The molecule has 0 unspecified atom stereocenters. The van der Waals surface area contributed by atoms with Crippen molar-refractivity contribution in [1.82, 2.24) is 0 Å². The van der Waals surface area contributed by atoms with Crippen molar-refractivity contribution in [3.8, 4) is 0 Å². The van der Waals surface area contributed by atoms with E-state index < -0.39 is 0 Å². The molecule has 0 radical (unpaired) electrons. The summed E-state index contributed by atoms with van der Waals surface area (Å²) in [5, 5.41) is 12.0. The zero-order chi connectivity index (χ0) is 11.1. The van der Waals surface area contributed by atoms with E-state index in [2.05, 4.69) is 52.0 Å².